The van der Waals surface area contributed by atoms with Gasteiger partial charge in [-0.25, -0.2) is 0 Å². The van der Waals surface area contributed by atoms with Crippen LogP contribution in [0.25, 0.3) is 0 Å². The van der Waals surface area contributed by atoms with E-state index in [1.165, 1.54) is 0 Å². The van der Waals surface area contributed by atoms with Gasteiger partial charge in [0.2, 0.25) is 0 Å². The van der Waals surface area contributed by atoms with Crippen molar-refractivity contribution in [2.75, 3.05) is 0 Å². The molecule has 3 nitrogen and oxygen atoms in total. The van der Waals surface area contributed by atoms with Gasteiger partial charge in [-0.2, -0.15) is 0 Å². The third-order valence-corrected chi connectivity index (χ3v) is 4.43. The van der Waals surface area contributed by atoms with Crippen LogP contribution in [0.3, 0.4) is 0 Å². The second kappa shape index (κ2) is 9.55. The molecule has 2 atom stereocenters. The molecule has 0 spiro atoms. The van der Waals surface area contributed by atoms with E-state index in [4.69, 9.17) is 0 Å². The number of allylic oxidation sites excluding steroid dienone is 4. The van der Waals surface area contributed by atoms with Gasteiger partial charge in [0.05, 0.1) is 17.8 Å². The zero-order valence-electron chi connectivity index (χ0n) is 15.8. The zero-order chi connectivity index (χ0) is 18.2. The highest BCUT2D eigenvalue weighted by Gasteiger charge is 2.21. The topological polar surface area (TPSA) is 60.7 Å². The lowest BCUT2D eigenvalue weighted by atomic mass is 9.83. The Hall–Kier alpha value is -0.900. The summed E-state index contributed by atoms with van der Waals surface area (Å²) in [5, 5.41) is 29.0. The Balaban J connectivity index is 2.28. The fourth-order valence-electron chi connectivity index (χ4n) is 3.07. The quantitative estimate of drug-likeness (QED) is 0.458. The maximum atomic E-state index is 9.70. The molecule has 0 aliphatic heterocycles. The van der Waals surface area contributed by atoms with Crippen molar-refractivity contribution in [1.29, 1.82) is 0 Å². The van der Waals surface area contributed by atoms with Crippen LogP contribution in [0, 0.1) is 5.41 Å². The molecule has 0 saturated heterocycles. The van der Waals surface area contributed by atoms with Crippen LogP contribution in [0.5, 0.6) is 0 Å². The number of hydrogen-bond donors (Lipinski definition) is 3. The summed E-state index contributed by atoms with van der Waals surface area (Å²) in [5.74, 6) is 0. The van der Waals surface area contributed by atoms with E-state index in [9.17, 15) is 15.3 Å². The van der Waals surface area contributed by atoms with E-state index < -0.39 is 17.8 Å². The van der Waals surface area contributed by atoms with Gasteiger partial charge in [0.25, 0.3) is 0 Å². The van der Waals surface area contributed by atoms with Crippen LogP contribution < -0.4 is 0 Å². The first kappa shape index (κ1) is 21.1. The molecular weight excluding hydrogens is 300 g/mol. The van der Waals surface area contributed by atoms with Crippen molar-refractivity contribution in [1.82, 2.24) is 0 Å². The van der Waals surface area contributed by atoms with Crippen LogP contribution in [-0.4, -0.2) is 33.1 Å². The molecule has 24 heavy (non-hydrogen) atoms. The minimum absolute atomic E-state index is 0.242. The summed E-state index contributed by atoms with van der Waals surface area (Å²) >= 11 is 0. The van der Waals surface area contributed by atoms with Gasteiger partial charge in [-0.3, -0.25) is 0 Å². The highest BCUT2D eigenvalue weighted by Crippen LogP contribution is 2.28. The number of unbranched alkanes of at least 4 members (excludes halogenated alkanes) is 1. The summed E-state index contributed by atoms with van der Waals surface area (Å²) in [6, 6.07) is 0. The van der Waals surface area contributed by atoms with Gasteiger partial charge in [0, 0.05) is 0 Å². The summed E-state index contributed by atoms with van der Waals surface area (Å²) in [6.07, 6.45) is 15.6. The number of aliphatic hydroxyl groups is 3. The average Bonchev–Trinajstić information content (AvgIpc) is 2.39. The van der Waals surface area contributed by atoms with E-state index in [0.29, 0.717) is 19.3 Å². The molecular formula is C21H36O3. The van der Waals surface area contributed by atoms with Gasteiger partial charge in [0.1, 0.15) is 0 Å². The van der Waals surface area contributed by atoms with Gasteiger partial charge in [-0.1, -0.05) is 49.8 Å². The number of hydrogen-bond acceptors (Lipinski definition) is 3. The largest absolute Gasteiger partial charge is 0.393 e. The highest BCUT2D eigenvalue weighted by atomic mass is 16.3. The second-order valence-corrected chi connectivity index (χ2v) is 8.52. The Bertz CT molecular complexity index is 440. The lowest BCUT2D eigenvalue weighted by Gasteiger charge is -2.24. The Kier molecular flexibility index (Phi) is 8.41. The standard InChI is InChI=1S/C21H36O3/c1-20(2,12-9-13-21(3,4)24)11-8-6-5-7-10-17-14-18(22)16-19(23)15-17/h5,7,9-10,13,18-19,22-24H,6,8,11-12,14-16H2,1-4H3/b7-5+,13-9+/t18-,19-/m1/s1. The molecule has 0 heterocycles. The SMILES string of the molecule is CC(C)(O)/C=C/CC(C)(C)CCC/C=C/C=C1C[C@@H](O)C[C@H](O)C1. The number of aliphatic hydroxyl groups excluding tert-OH is 2. The maximum Gasteiger partial charge on any atom is 0.0771 e. The minimum Gasteiger partial charge on any atom is -0.393 e. The van der Waals surface area contributed by atoms with Crippen molar-refractivity contribution in [3.05, 3.63) is 36.0 Å². The van der Waals surface area contributed by atoms with Crippen molar-refractivity contribution in [3.63, 3.8) is 0 Å². The van der Waals surface area contributed by atoms with Gasteiger partial charge in [-0.05, 0) is 64.2 Å². The van der Waals surface area contributed by atoms with Crippen LogP contribution >= 0.6 is 0 Å². The molecule has 1 rings (SSSR count). The van der Waals surface area contributed by atoms with E-state index in [2.05, 4.69) is 32.1 Å². The van der Waals surface area contributed by atoms with E-state index in [1.807, 2.05) is 12.2 Å². The number of rotatable bonds is 8. The monoisotopic (exact) mass is 336 g/mol. The first-order valence-electron chi connectivity index (χ1n) is 9.18. The molecule has 0 bridgehead atoms. The van der Waals surface area contributed by atoms with E-state index >= 15 is 0 Å². The molecule has 0 aromatic rings. The summed E-state index contributed by atoms with van der Waals surface area (Å²) in [4.78, 5) is 0. The highest BCUT2D eigenvalue weighted by molar-refractivity contribution is 5.16. The third-order valence-electron chi connectivity index (χ3n) is 4.43. The predicted octanol–water partition coefficient (Wildman–Crippen LogP) is 4.29. The van der Waals surface area contributed by atoms with Crippen molar-refractivity contribution in [2.24, 2.45) is 5.41 Å². The zero-order valence-corrected chi connectivity index (χ0v) is 15.8. The van der Waals surface area contributed by atoms with Crippen LogP contribution in [-0.2, 0) is 0 Å². The van der Waals surface area contributed by atoms with Crippen LogP contribution in [0.1, 0.15) is 72.6 Å². The molecule has 0 aromatic carbocycles. The van der Waals surface area contributed by atoms with Crippen molar-refractivity contribution < 1.29 is 15.3 Å². The normalized spacial score (nSPS) is 23.4. The lowest BCUT2D eigenvalue weighted by Crippen LogP contribution is -2.24. The molecule has 1 aliphatic carbocycles. The Morgan fingerprint density at radius 1 is 1.04 bits per heavy atom. The molecule has 0 radical (unpaired) electrons. The molecule has 0 aromatic heterocycles. The molecule has 1 saturated carbocycles. The molecule has 1 aliphatic rings. The van der Waals surface area contributed by atoms with Crippen molar-refractivity contribution in [2.45, 2.75) is 90.4 Å². The molecule has 3 heteroatoms. The molecule has 0 unspecified atom stereocenters. The van der Waals surface area contributed by atoms with Gasteiger partial charge < -0.3 is 15.3 Å². The second-order valence-electron chi connectivity index (χ2n) is 8.52. The molecule has 138 valence electrons. The summed E-state index contributed by atoms with van der Waals surface area (Å²) in [6.45, 7) is 8.11. The first-order chi connectivity index (χ1) is 11.1. The molecule has 0 amide bonds. The minimum atomic E-state index is -0.730. The Labute approximate surface area is 147 Å². The summed E-state index contributed by atoms with van der Waals surface area (Å²) < 4.78 is 0. The lowest BCUT2D eigenvalue weighted by molar-refractivity contribution is 0.0609. The van der Waals surface area contributed by atoms with Crippen molar-refractivity contribution in [3.8, 4) is 0 Å². The Morgan fingerprint density at radius 3 is 2.25 bits per heavy atom. The van der Waals surface area contributed by atoms with Crippen LogP contribution in [0.4, 0.5) is 0 Å². The van der Waals surface area contributed by atoms with Crippen molar-refractivity contribution >= 4 is 0 Å². The predicted molar refractivity (Wildman–Crippen MR) is 101 cm³/mol. The van der Waals surface area contributed by atoms with E-state index in [1.54, 1.807) is 13.8 Å². The fraction of sp³-hybridized carbons (Fsp3) is 0.714. The summed E-state index contributed by atoms with van der Waals surface area (Å²) in [7, 11) is 0. The van der Waals surface area contributed by atoms with Gasteiger partial charge in [-0.15, -0.1) is 0 Å². The average molecular weight is 337 g/mol. The smallest absolute Gasteiger partial charge is 0.0771 e. The van der Waals surface area contributed by atoms with Gasteiger partial charge >= 0.3 is 0 Å². The van der Waals surface area contributed by atoms with E-state index in [-0.39, 0.29) is 5.41 Å². The maximum absolute atomic E-state index is 9.70. The van der Waals surface area contributed by atoms with Crippen LogP contribution in [0.15, 0.2) is 36.0 Å². The fourth-order valence-corrected chi connectivity index (χ4v) is 3.07. The van der Waals surface area contributed by atoms with Gasteiger partial charge in [0.15, 0.2) is 0 Å². The Morgan fingerprint density at radius 2 is 1.67 bits per heavy atom. The van der Waals surface area contributed by atoms with E-state index in [0.717, 1.165) is 31.3 Å². The van der Waals surface area contributed by atoms with Crippen LogP contribution in [0.2, 0.25) is 0 Å². The first-order valence-corrected chi connectivity index (χ1v) is 9.18. The molecule has 1 fully saturated rings. The third kappa shape index (κ3) is 10.1. The molecule has 3 N–H and O–H groups in total. The summed E-state index contributed by atoms with van der Waals surface area (Å²) in [5.41, 5.74) is 0.646.